The monoisotopic (exact) mass is 561 g/mol. The summed E-state index contributed by atoms with van der Waals surface area (Å²) in [5.41, 5.74) is 0.852. The third-order valence-corrected chi connectivity index (χ3v) is 9.66. The number of ether oxygens (including phenoxy) is 3. The highest BCUT2D eigenvalue weighted by molar-refractivity contribution is 7.89. The van der Waals surface area contributed by atoms with Crippen LogP contribution in [0.1, 0.15) is 43.0 Å². The minimum atomic E-state index is -3.66. The second-order valence-corrected chi connectivity index (χ2v) is 11.7. The van der Waals surface area contributed by atoms with Gasteiger partial charge in [-0.3, -0.25) is 9.59 Å². The fourth-order valence-corrected chi connectivity index (χ4v) is 7.39. The Balaban J connectivity index is 1.70. The number of esters is 1. The van der Waals surface area contributed by atoms with Gasteiger partial charge >= 0.3 is 5.97 Å². The minimum absolute atomic E-state index is 0.0134. The summed E-state index contributed by atoms with van der Waals surface area (Å²) in [7, 11) is 0.646. The molecular formula is C26H31N3O7S2. The SMILES string of the molecule is CCC1CCCCN1S(=O)(=O)c1ccc(C(=O)N=c2sc3cc(OC)c(OC)cc3n2CC(=O)OC)cc1. The van der Waals surface area contributed by atoms with E-state index in [0.29, 0.717) is 23.6 Å². The van der Waals surface area contributed by atoms with E-state index < -0.39 is 21.9 Å². The van der Waals surface area contributed by atoms with Crippen molar-refractivity contribution in [3.8, 4) is 11.5 Å². The van der Waals surface area contributed by atoms with Crippen LogP contribution in [0.25, 0.3) is 10.2 Å². The van der Waals surface area contributed by atoms with Crippen molar-refractivity contribution in [1.82, 2.24) is 8.87 Å². The predicted octanol–water partition coefficient (Wildman–Crippen LogP) is 3.59. The van der Waals surface area contributed by atoms with Gasteiger partial charge in [0.2, 0.25) is 10.0 Å². The van der Waals surface area contributed by atoms with Crippen molar-refractivity contribution < 1.29 is 32.2 Å². The van der Waals surface area contributed by atoms with Gasteiger partial charge in [-0.15, -0.1) is 0 Å². The van der Waals surface area contributed by atoms with Crippen molar-refractivity contribution in [1.29, 1.82) is 0 Å². The number of carbonyl (C=O) groups is 2. The number of thiazole rings is 1. The maximum atomic E-state index is 13.3. The quantitative estimate of drug-likeness (QED) is 0.386. The molecule has 1 saturated heterocycles. The molecule has 1 amide bonds. The van der Waals surface area contributed by atoms with E-state index in [1.54, 1.807) is 21.0 Å². The largest absolute Gasteiger partial charge is 0.493 e. The molecule has 1 aliphatic heterocycles. The molecule has 2 heterocycles. The van der Waals surface area contributed by atoms with Gasteiger partial charge in [0.1, 0.15) is 6.54 Å². The molecule has 38 heavy (non-hydrogen) atoms. The van der Waals surface area contributed by atoms with Crippen LogP contribution in [0.2, 0.25) is 0 Å². The number of benzene rings is 2. The number of fused-ring (bicyclic) bond motifs is 1. The molecule has 0 bridgehead atoms. The number of hydrogen-bond donors (Lipinski definition) is 0. The van der Waals surface area contributed by atoms with Crippen molar-refractivity contribution in [3.63, 3.8) is 0 Å². The lowest BCUT2D eigenvalue weighted by atomic mass is 10.0. The Labute approximate surface area is 225 Å². The Morgan fingerprint density at radius 1 is 1.05 bits per heavy atom. The normalized spacial score (nSPS) is 16.9. The molecule has 4 rings (SSSR count). The number of piperidine rings is 1. The molecule has 0 N–H and O–H groups in total. The van der Waals surface area contributed by atoms with Gasteiger partial charge < -0.3 is 18.8 Å². The molecule has 0 radical (unpaired) electrons. The van der Waals surface area contributed by atoms with Gasteiger partial charge in [0.05, 0.1) is 36.4 Å². The fraction of sp³-hybridized carbons (Fsp3) is 0.423. The first-order valence-electron chi connectivity index (χ1n) is 12.3. The van der Waals surface area contributed by atoms with Crippen molar-refractivity contribution in [2.75, 3.05) is 27.9 Å². The Bertz CT molecular complexity index is 1510. The van der Waals surface area contributed by atoms with Crippen molar-refractivity contribution in [2.24, 2.45) is 4.99 Å². The number of amides is 1. The number of carbonyl (C=O) groups excluding carboxylic acids is 2. The van der Waals surface area contributed by atoms with E-state index in [-0.39, 0.29) is 27.8 Å². The molecule has 0 spiro atoms. The zero-order chi connectivity index (χ0) is 27.4. The molecule has 1 aromatic heterocycles. The fourth-order valence-electron chi connectivity index (χ4n) is 4.58. The summed E-state index contributed by atoms with van der Waals surface area (Å²) in [5, 5.41) is 0. The average Bonchev–Trinajstić information content (AvgIpc) is 3.27. The summed E-state index contributed by atoms with van der Waals surface area (Å²) in [6.45, 7) is 2.33. The molecule has 3 aromatic rings. The number of methoxy groups -OCH3 is 3. The summed E-state index contributed by atoms with van der Waals surface area (Å²) in [4.78, 5) is 29.9. The third kappa shape index (κ3) is 5.47. The number of hydrogen-bond acceptors (Lipinski definition) is 8. The van der Waals surface area contributed by atoms with Gasteiger partial charge in [0, 0.05) is 30.3 Å². The van der Waals surface area contributed by atoms with Crippen LogP contribution < -0.4 is 14.3 Å². The smallest absolute Gasteiger partial charge is 0.325 e. The van der Waals surface area contributed by atoms with Crippen LogP contribution in [0.5, 0.6) is 11.5 Å². The average molecular weight is 562 g/mol. The lowest BCUT2D eigenvalue weighted by molar-refractivity contribution is -0.141. The lowest BCUT2D eigenvalue weighted by Crippen LogP contribution is -2.43. The molecule has 1 unspecified atom stereocenters. The Morgan fingerprint density at radius 2 is 1.74 bits per heavy atom. The van der Waals surface area contributed by atoms with Crippen LogP contribution in [0.3, 0.4) is 0 Å². The summed E-state index contributed by atoms with van der Waals surface area (Å²) >= 11 is 1.21. The summed E-state index contributed by atoms with van der Waals surface area (Å²) in [6, 6.07) is 9.27. The molecule has 204 valence electrons. The standard InChI is InChI=1S/C26H31N3O7S2/c1-5-18-8-6-7-13-29(18)38(32,33)19-11-9-17(10-12-19)25(31)27-26-28(16-24(30)36-4)20-14-21(34-2)22(35-3)15-23(20)37-26/h9-12,14-15,18H,5-8,13,16H2,1-4H3. The second kappa shape index (κ2) is 11.7. The zero-order valence-electron chi connectivity index (χ0n) is 21.8. The van der Waals surface area contributed by atoms with E-state index in [4.69, 9.17) is 14.2 Å². The zero-order valence-corrected chi connectivity index (χ0v) is 23.4. The van der Waals surface area contributed by atoms with Gasteiger partial charge in [-0.25, -0.2) is 8.42 Å². The third-order valence-electron chi connectivity index (χ3n) is 6.65. The van der Waals surface area contributed by atoms with Crippen LogP contribution in [-0.4, -0.2) is 63.1 Å². The van der Waals surface area contributed by atoms with E-state index in [9.17, 15) is 18.0 Å². The van der Waals surface area contributed by atoms with Crippen LogP contribution >= 0.6 is 11.3 Å². The van der Waals surface area contributed by atoms with Crippen LogP contribution in [0.4, 0.5) is 0 Å². The maximum absolute atomic E-state index is 13.3. The van der Waals surface area contributed by atoms with Gasteiger partial charge in [-0.2, -0.15) is 9.30 Å². The van der Waals surface area contributed by atoms with E-state index in [1.165, 1.54) is 56.9 Å². The number of aromatic nitrogens is 1. The highest BCUT2D eigenvalue weighted by Crippen LogP contribution is 2.33. The number of rotatable bonds is 8. The van der Waals surface area contributed by atoms with Crippen molar-refractivity contribution in [3.05, 3.63) is 46.8 Å². The molecule has 12 heteroatoms. The minimum Gasteiger partial charge on any atom is -0.493 e. The van der Waals surface area contributed by atoms with E-state index in [1.807, 2.05) is 6.92 Å². The highest BCUT2D eigenvalue weighted by Gasteiger charge is 2.32. The van der Waals surface area contributed by atoms with Gasteiger partial charge in [0.15, 0.2) is 16.3 Å². The molecule has 0 saturated carbocycles. The lowest BCUT2D eigenvalue weighted by Gasteiger charge is -2.34. The summed E-state index contributed by atoms with van der Waals surface area (Å²) in [6.07, 6.45) is 3.47. The Morgan fingerprint density at radius 3 is 2.37 bits per heavy atom. The Hall–Kier alpha value is -3.22. The maximum Gasteiger partial charge on any atom is 0.325 e. The van der Waals surface area contributed by atoms with Crippen LogP contribution in [0.15, 0.2) is 46.3 Å². The molecule has 1 atom stereocenters. The van der Waals surface area contributed by atoms with Gasteiger partial charge in [-0.1, -0.05) is 24.7 Å². The second-order valence-electron chi connectivity index (χ2n) is 8.84. The van der Waals surface area contributed by atoms with Gasteiger partial charge in [-0.05, 0) is 43.5 Å². The first kappa shape index (κ1) is 27.8. The first-order valence-corrected chi connectivity index (χ1v) is 14.5. The van der Waals surface area contributed by atoms with Crippen LogP contribution in [-0.2, 0) is 26.1 Å². The molecular weight excluding hydrogens is 530 g/mol. The van der Waals surface area contributed by atoms with Crippen molar-refractivity contribution >= 4 is 43.5 Å². The summed E-state index contributed by atoms with van der Waals surface area (Å²) < 4.78 is 46.0. The highest BCUT2D eigenvalue weighted by atomic mass is 32.2. The Kier molecular flexibility index (Phi) is 8.54. The molecule has 1 fully saturated rings. The predicted molar refractivity (Wildman–Crippen MR) is 143 cm³/mol. The number of nitrogens with zero attached hydrogens (tertiary/aromatic N) is 3. The van der Waals surface area contributed by atoms with E-state index in [2.05, 4.69) is 4.99 Å². The van der Waals surface area contributed by atoms with Crippen molar-refractivity contribution in [2.45, 2.75) is 50.1 Å². The van der Waals surface area contributed by atoms with Crippen LogP contribution in [0, 0.1) is 0 Å². The molecule has 1 aliphatic rings. The first-order chi connectivity index (χ1) is 18.2. The van der Waals surface area contributed by atoms with Gasteiger partial charge in [0.25, 0.3) is 5.91 Å². The number of sulfonamides is 1. The molecule has 0 aliphatic carbocycles. The topological polar surface area (TPSA) is 117 Å². The molecule has 2 aromatic carbocycles. The summed E-state index contributed by atoms with van der Waals surface area (Å²) in [5.74, 6) is -0.112. The van der Waals surface area contributed by atoms with E-state index >= 15 is 0 Å². The molecule has 10 nitrogen and oxygen atoms in total. The van der Waals surface area contributed by atoms with E-state index in [0.717, 1.165) is 30.4 Å².